The van der Waals surface area contributed by atoms with Crippen LogP contribution in [0.1, 0.15) is 37.5 Å². The van der Waals surface area contributed by atoms with Crippen LogP contribution < -0.4 is 10.1 Å². The topological polar surface area (TPSA) is 123 Å². The second-order valence-electron chi connectivity index (χ2n) is 7.90. The molecule has 1 aliphatic heterocycles. The van der Waals surface area contributed by atoms with Gasteiger partial charge in [-0.25, -0.2) is 9.37 Å². The van der Waals surface area contributed by atoms with Gasteiger partial charge < -0.3 is 19.5 Å². The van der Waals surface area contributed by atoms with Crippen LogP contribution in [0.15, 0.2) is 47.4 Å². The maximum Gasteiger partial charge on any atom is 0.260 e. The summed E-state index contributed by atoms with van der Waals surface area (Å²) >= 11 is 0. The molecule has 1 N–H and O–H groups in total. The van der Waals surface area contributed by atoms with E-state index >= 15 is 0 Å². The van der Waals surface area contributed by atoms with Crippen LogP contribution in [0.4, 0.5) is 4.39 Å². The number of carbonyl (C=O) groups excluding carboxylic acids is 2. The number of ether oxygens (including phenoxy) is 1. The number of nitrogens with one attached hydrogen (secondary N) is 1. The predicted octanol–water partition coefficient (Wildman–Crippen LogP) is 2.35. The summed E-state index contributed by atoms with van der Waals surface area (Å²) in [7, 11) is 0. The molecule has 2 amide bonds. The van der Waals surface area contributed by atoms with Gasteiger partial charge in [-0.1, -0.05) is 5.16 Å². The number of hydrogen-bond donors (Lipinski definition) is 1. The van der Waals surface area contributed by atoms with Gasteiger partial charge in [0.25, 0.3) is 5.91 Å². The van der Waals surface area contributed by atoms with Crippen LogP contribution in [-0.2, 0) is 9.59 Å². The molecular formula is C23H25FN6O4. The van der Waals surface area contributed by atoms with Crippen LogP contribution in [0, 0.1) is 5.82 Å². The average molecular weight is 468 g/mol. The lowest BCUT2D eigenvalue weighted by Gasteiger charge is -2.22. The second kappa shape index (κ2) is 11.3. The summed E-state index contributed by atoms with van der Waals surface area (Å²) < 4.78 is 24.0. The first-order valence-corrected chi connectivity index (χ1v) is 11.1. The van der Waals surface area contributed by atoms with Crippen molar-refractivity contribution in [1.82, 2.24) is 30.3 Å². The molecule has 2 aromatic heterocycles. The molecule has 1 aromatic carbocycles. The first kappa shape index (κ1) is 23.3. The number of nitrogens with zero attached hydrogens (tertiary/aromatic N) is 5. The van der Waals surface area contributed by atoms with E-state index in [1.165, 1.54) is 24.3 Å². The average Bonchev–Trinajstić information content (AvgIpc) is 3.33. The summed E-state index contributed by atoms with van der Waals surface area (Å²) in [6.07, 6.45) is 6.89. The third-order valence-electron chi connectivity index (χ3n) is 5.52. The fourth-order valence-corrected chi connectivity index (χ4v) is 3.68. The van der Waals surface area contributed by atoms with E-state index in [1.54, 1.807) is 23.5 Å². The Morgan fingerprint density at radius 3 is 2.85 bits per heavy atom. The number of rotatable bonds is 5. The van der Waals surface area contributed by atoms with E-state index in [0.717, 1.165) is 0 Å². The maximum absolute atomic E-state index is 13.1. The Morgan fingerprint density at radius 2 is 2.06 bits per heavy atom. The largest absolute Gasteiger partial charge is 0.484 e. The molecule has 4 rings (SSSR count). The zero-order valence-corrected chi connectivity index (χ0v) is 18.5. The lowest BCUT2D eigenvalue weighted by atomic mass is 9.99. The number of benzene rings is 1. The lowest BCUT2D eigenvalue weighted by Crippen LogP contribution is -2.38. The van der Waals surface area contributed by atoms with Gasteiger partial charge >= 0.3 is 0 Å². The quantitative estimate of drug-likeness (QED) is 0.605. The van der Waals surface area contributed by atoms with Crippen molar-refractivity contribution >= 4 is 11.8 Å². The van der Waals surface area contributed by atoms with Crippen molar-refractivity contribution in [2.75, 3.05) is 26.2 Å². The van der Waals surface area contributed by atoms with Crippen molar-refractivity contribution in [1.29, 1.82) is 0 Å². The van der Waals surface area contributed by atoms with Gasteiger partial charge in [0.2, 0.25) is 17.6 Å². The van der Waals surface area contributed by atoms with Gasteiger partial charge in [0.1, 0.15) is 17.3 Å². The molecule has 0 aliphatic carbocycles. The van der Waals surface area contributed by atoms with Gasteiger partial charge in [0, 0.05) is 44.4 Å². The van der Waals surface area contributed by atoms with Crippen molar-refractivity contribution in [2.45, 2.75) is 31.6 Å². The van der Waals surface area contributed by atoms with Crippen LogP contribution in [0.3, 0.4) is 0 Å². The highest BCUT2D eigenvalue weighted by atomic mass is 19.1. The summed E-state index contributed by atoms with van der Waals surface area (Å²) in [5.41, 5.74) is 0.514. The van der Waals surface area contributed by atoms with E-state index in [0.29, 0.717) is 62.1 Å². The molecule has 1 unspecified atom stereocenters. The Morgan fingerprint density at radius 1 is 1.21 bits per heavy atom. The highest BCUT2D eigenvalue weighted by Crippen LogP contribution is 2.26. The molecule has 1 fully saturated rings. The molecule has 34 heavy (non-hydrogen) atoms. The molecule has 0 bridgehead atoms. The van der Waals surface area contributed by atoms with Crippen molar-refractivity contribution < 1.29 is 23.2 Å². The zero-order chi connectivity index (χ0) is 23.8. The molecule has 0 spiro atoms. The summed E-state index contributed by atoms with van der Waals surface area (Å²) in [6.45, 7) is 1.02. The van der Waals surface area contributed by atoms with E-state index in [-0.39, 0.29) is 36.6 Å². The van der Waals surface area contributed by atoms with Crippen LogP contribution in [0.25, 0.3) is 11.5 Å². The number of carbonyl (C=O) groups is 2. The number of amides is 2. The summed E-state index contributed by atoms with van der Waals surface area (Å²) in [6, 6.07) is 5.47. The summed E-state index contributed by atoms with van der Waals surface area (Å²) in [5.74, 6) is 0.392. The van der Waals surface area contributed by atoms with E-state index in [1.807, 2.05) is 0 Å². The van der Waals surface area contributed by atoms with Gasteiger partial charge in [-0.05, 0) is 43.5 Å². The molecule has 11 heteroatoms. The predicted molar refractivity (Wildman–Crippen MR) is 118 cm³/mol. The smallest absolute Gasteiger partial charge is 0.260 e. The SMILES string of the molecule is O=C1CCN(C(=O)COc2ccc(F)cc2)CCCC(c2nc(-c3cnccn3)no2)CCN1. The molecule has 1 atom stereocenters. The molecular weight excluding hydrogens is 443 g/mol. The van der Waals surface area contributed by atoms with Crippen molar-refractivity contribution in [3.8, 4) is 17.3 Å². The fourth-order valence-electron chi connectivity index (χ4n) is 3.68. The van der Waals surface area contributed by atoms with Crippen molar-refractivity contribution in [2.24, 2.45) is 0 Å². The minimum Gasteiger partial charge on any atom is -0.484 e. The minimum absolute atomic E-state index is 0.0799. The van der Waals surface area contributed by atoms with Crippen molar-refractivity contribution in [3.05, 3.63) is 54.6 Å². The lowest BCUT2D eigenvalue weighted by molar-refractivity contribution is -0.134. The fraction of sp³-hybridized carbons (Fsp3) is 0.391. The van der Waals surface area contributed by atoms with Crippen molar-refractivity contribution in [3.63, 3.8) is 0 Å². The standard InChI is InChI=1S/C23H25FN6O4/c24-17-3-5-18(6-4-17)33-15-21(32)30-12-1-2-16(7-9-27-20(31)8-13-30)23-28-22(29-34-23)19-14-25-10-11-26-19/h3-6,10-11,14,16H,1-2,7-9,12-13,15H2,(H,27,31). The van der Waals surface area contributed by atoms with Crippen LogP contribution in [0.2, 0.25) is 0 Å². The molecule has 3 heterocycles. The van der Waals surface area contributed by atoms with Crippen LogP contribution in [-0.4, -0.2) is 63.1 Å². The van der Waals surface area contributed by atoms with Gasteiger partial charge in [-0.15, -0.1) is 0 Å². The van der Waals surface area contributed by atoms with Gasteiger partial charge in [-0.3, -0.25) is 14.6 Å². The number of hydrogen-bond acceptors (Lipinski definition) is 8. The Kier molecular flexibility index (Phi) is 7.74. The summed E-state index contributed by atoms with van der Waals surface area (Å²) in [5, 5.41) is 6.90. The molecule has 3 aromatic rings. The van der Waals surface area contributed by atoms with E-state index in [2.05, 4.69) is 25.4 Å². The molecule has 10 nitrogen and oxygen atoms in total. The Bertz CT molecular complexity index is 1090. The molecule has 1 aliphatic rings. The molecule has 178 valence electrons. The van der Waals surface area contributed by atoms with Gasteiger partial charge in [0.05, 0.1) is 6.20 Å². The van der Waals surface area contributed by atoms with E-state index < -0.39 is 0 Å². The number of aromatic nitrogens is 4. The van der Waals surface area contributed by atoms with Crippen LogP contribution >= 0.6 is 0 Å². The highest BCUT2D eigenvalue weighted by molar-refractivity contribution is 5.80. The Balaban J connectivity index is 1.38. The molecule has 0 saturated carbocycles. The first-order valence-electron chi connectivity index (χ1n) is 11.1. The summed E-state index contributed by atoms with van der Waals surface area (Å²) in [4.78, 5) is 39.3. The van der Waals surface area contributed by atoms with E-state index in [9.17, 15) is 14.0 Å². The van der Waals surface area contributed by atoms with Crippen LogP contribution in [0.5, 0.6) is 5.75 Å². The van der Waals surface area contributed by atoms with E-state index in [4.69, 9.17) is 9.26 Å². The maximum atomic E-state index is 13.1. The van der Waals surface area contributed by atoms with Gasteiger partial charge in [0.15, 0.2) is 6.61 Å². The third-order valence-corrected chi connectivity index (χ3v) is 5.52. The molecule has 0 radical (unpaired) electrons. The van der Waals surface area contributed by atoms with Gasteiger partial charge in [-0.2, -0.15) is 4.98 Å². The second-order valence-corrected chi connectivity index (χ2v) is 7.90. The Labute approximate surface area is 195 Å². The number of halogens is 1. The third kappa shape index (κ3) is 6.33. The first-order chi connectivity index (χ1) is 16.6. The monoisotopic (exact) mass is 468 g/mol. The Hall–Kier alpha value is -3.89. The zero-order valence-electron chi connectivity index (χ0n) is 18.5. The molecule has 1 saturated heterocycles. The normalized spacial score (nSPS) is 17.5. The highest BCUT2D eigenvalue weighted by Gasteiger charge is 2.23. The minimum atomic E-state index is -0.378.